The lowest BCUT2D eigenvalue weighted by molar-refractivity contribution is 0.340. The molecule has 3 rings (SSSR count). The molecule has 1 aromatic carbocycles. The minimum atomic E-state index is -0.124. The lowest BCUT2D eigenvalue weighted by Gasteiger charge is -2.04. The summed E-state index contributed by atoms with van der Waals surface area (Å²) in [4.78, 5) is 19.1. The molecule has 0 radical (unpaired) electrons. The van der Waals surface area contributed by atoms with Gasteiger partial charge in [-0.2, -0.15) is 9.78 Å². The molecule has 0 N–H and O–H groups in total. The molecule has 0 aliphatic heterocycles. The van der Waals surface area contributed by atoms with Gasteiger partial charge in [-0.05, 0) is 63.1 Å². The normalized spacial score (nSPS) is 11.5. The summed E-state index contributed by atoms with van der Waals surface area (Å²) < 4.78 is 6.78. The van der Waals surface area contributed by atoms with Crippen LogP contribution in [-0.2, 0) is 0 Å². The number of aromatic nitrogens is 2. The fourth-order valence-corrected chi connectivity index (χ4v) is 3.53. The lowest BCUT2D eigenvalue weighted by Crippen LogP contribution is -2.20. The maximum Gasteiger partial charge on any atom is 0.283 e. The first-order chi connectivity index (χ1) is 11.5. The number of ether oxygens (including phenoxy) is 1. The Kier molecular flexibility index (Phi) is 4.49. The Hall–Kier alpha value is -2.47. The first-order valence-corrected chi connectivity index (χ1v) is 8.59. The quantitative estimate of drug-likeness (QED) is 0.681. The van der Waals surface area contributed by atoms with E-state index in [1.54, 1.807) is 24.5 Å². The van der Waals surface area contributed by atoms with Gasteiger partial charge in [-0.15, -0.1) is 11.3 Å². The van der Waals surface area contributed by atoms with Crippen molar-refractivity contribution in [1.82, 2.24) is 9.66 Å². The Morgan fingerprint density at radius 3 is 2.62 bits per heavy atom. The number of fused-ring (bicyclic) bond motifs is 1. The monoisotopic (exact) mass is 341 g/mol. The maximum absolute atomic E-state index is 12.7. The number of nitrogens with zero attached hydrogens (tertiary/aromatic N) is 3. The molecule has 3 aromatic rings. The Morgan fingerprint density at radius 2 is 1.96 bits per heavy atom. The van der Waals surface area contributed by atoms with E-state index in [1.807, 2.05) is 45.0 Å². The highest BCUT2D eigenvalue weighted by molar-refractivity contribution is 7.18. The molecule has 0 aliphatic rings. The van der Waals surface area contributed by atoms with Gasteiger partial charge in [-0.3, -0.25) is 4.79 Å². The van der Waals surface area contributed by atoms with E-state index >= 15 is 0 Å². The minimum Gasteiger partial charge on any atom is -0.494 e. The topological polar surface area (TPSA) is 56.5 Å². The van der Waals surface area contributed by atoms with Crippen LogP contribution in [0.4, 0.5) is 0 Å². The highest BCUT2D eigenvalue weighted by atomic mass is 32.1. The minimum absolute atomic E-state index is 0.124. The second-order valence-electron chi connectivity index (χ2n) is 5.49. The summed E-state index contributed by atoms with van der Waals surface area (Å²) in [5, 5.41) is 4.99. The molecule has 124 valence electrons. The summed E-state index contributed by atoms with van der Waals surface area (Å²) in [5.41, 5.74) is 1.75. The van der Waals surface area contributed by atoms with Gasteiger partial charge >= 0.3 is 0 Å². The third kappa shape index (κ3) is 2.97. The molecule has 2 heterocycles. The van der Waals surface area contributed by atoms with Crippen LogP contribution in [0.15, 0.2) is 34.2 Å². The average molecular weight is 341 g/mol. The van der Waals surface area contributed by atoms with Gasteiger partial charge in [0, 0.05) is 4.88 Å². The van der Waals surface area contributed by atoms with Crippen molar-refractivity contribution in [1.29, 1.82) is 0 Å². The SMILES string of the molecule is CCOc1ccc(/C=N\n2c(C)nc3sc(C)c(C)c3c2=O)cc1. The van der Waals surface area contributed by atoms with E-state index in [0.29, 0.717) is 17.8 Å². The lowest BCUT2D eigenvalue weighted by atomic mass is 10.2. The van der Waals surface area contributed by atoms with Gasteiger partial charge < -0.3 is 4.74 Å². The molecule has 0 bridgehead atoms. The van der Waals surface area contributed by atoms with Crippen LogP contribution in [0.25, 0.3) is 10.2 Å². The number of benzene rings is 1. The third-order valence-electron chi connectivity index (χ3n) is 3.86. The van der Waals surface area contributed by atoms with Gasteiger partial charge in [-0.25, -0.2) is 4.98 Å². The zero-order valence-corrected chi connectivity index (χ0v) is 15.0. The van der Waals surface area contributed by atoms with E-state index in [4.69, 9.17) is 4.74 Å². The van der Waals surface area contributed by atoms with Crippen LogP contribution < -0.4 is 10.3 Å². The van der Waals surface area contributed by atoms with Crippen LogP contribution in [0, 0.1) is 20.8 Å². The molecule has 5 nitrogen and oxygen atoms in total. The zero-order valence-electron chi connectivity index (χ0n) is 14.2. The van der Waals surface area contributed by atoms with E-state index in [-0.39, 0.29) is 5.56 Å². The standard InChI is InChI=1S/C18H19N3O2S/c1-5-23-15-8-6-14(7-9-15)10-19-21-13(4)20-17-16(18(21)22)11(2)12(3)24-17/h6-10H,5H2,1-4H3/b19-10-. The van der Waals surface area contributed by atoms with E-state index in [0.717, 1.165) is 26.6 Å². The van der Waals surface area contributed by atoms with E-state index in [9.17, 15) is 4.79 Å². The highest BCUT2D eigenvalue weighted by Gasteiger charge is 2.14. The number of hydrogen-bond donors (Lipinski definition) is 0. The van der Waals surface area contributed by atoms with Gasteiger partial charge in [0.25, 0.3) is 5.56 Å². The Bertz CT molecular complexity index is 969. The summed E-state index contributed by atoms with van der Waals surface area (Å²) in [7, 11) is 0. The molecule has 0 spiro atoms. The van der Waals surface area contributed by atoms with Crippen LogP contribution in [-0.4, -0.2) is 22.5 Å². The van der Waals surface area contributed by atoms with Crippen LogP contribution in [0.5, 0.6) is 5.75 Å². The average Bonchev–Trinajstić information content (AvgIpc) is 2.83. The molecule has 0 saturated heterocycles. The van der Waals surface area contributed by atoms with Crippen LogP contribution in [0.2, 0.25) is 0 Å². The Labute approximate surface area is 144 Å². The predicted octanol–water partition coefficient (Wildman–Crippen LogP) is 3.66. The number of thiophene rings is 1. The van der Waals surface area contributed by atoms with Crippen molar-refractivity contribution in [2.24, 2.45) is 5.10 Å². The van der Waals surface area contributed by atoms with Crippen molar-refractivity contribution in [2.45, 2.75) is 27.7 Å². The summed E-state index contributed by atoms with van der Waals surface area (Å²) in [6.07, 6.45) is 1.66. The summed E-state index contributed by atoms with van der Waals surface area (Å²) in [6, 6.07) is 7.57. The van der Waals surface area contributed by atoms with Gasteiger partial charge in [0.2, 0.25) is 0 Å². The first kappa shape index (κ1) is 16.4. The molecule has 0 aliphatic carbocycles. The first-order valence-electron chi connectivity index (χ1n) is 7.77. The van der Waals surface area contributed by atoms with Crippen LogP contribution in [0.1, 0.15) is 28.8 Å². The molecule has 24 heavy (non-hydrogen) atoms. The second-order valence-corrected chi connectivity index (χ2v) is 6.69. The number of aryl methyl sites for hydroxylation is 3. The van der Waals surface area contributed by atoms with Gasteiger partial charge in [0.1, 0.15) is 16.4 Å². The second kappa shape index (κ2) is 6.57. The van der Waals surface area contributed by atoms with Crippen molar-refractivity contribution in [2.75, 3.05) is 6.61 Å². The van der Waals surface area contributed by atoms with Crippen molar-refractivity contribution in [3.63, 3.8) is 0 Å². The molecule has 0 amide bonds. The Morgan fingerprint density at radius 1 is 1.25 bits per heavy atom. The van der Waals surface area contributed by atoms with E-state index < -0.39 is 0 Å². The summed E-state index contributed by atoms with van der Waals surface area (Å²) in [6.45, 7) is 8.33. The summed E-state index contributed by atoms with van der Waals surface area (Å²) >= 11 is 1.55. The van der Waals surface area contributed by atoms with Crippen molar-refractivity contribution in [3.05, 3.63) is 56.4 Å². The van der Waals surface area contributed by atoms with Crippen molar-refractivity contribution < 1.29 is 4.74 Å². The smallest absolute Gasteiger partial charge is 0.283 e. The highest BCUT2D eigenvalue weighted by Crippen LogP contribution is 2.26. The molecular formula is C18H19N3O2S. The fourth-order valence-electron chi connectivity index (χ4n) is 2.46. The molecule has 0 saturated carbocycles. The fraction of sp³-hybridized carbons (Fsp3) is 0.278. The predicted molar refractivity (Wildman–Crippen MR) is 98.7 cm³/mol. The number of rotatable bonds is 4. The van der Waals surface area contributed by atoms with Gasteiger partial charge in [0.15, 0.2) is 0 Å². The van der Waals surface area contributed by atoms with E-state index in [2.05, 4.69) is 10.1 Å². The maximum atomic E-state index is 12.7. The molecule has 2 aromatic heterocycles. The van der Waals surface area contributed by atoms with Gasteiger partial charge in [0.05, 0.1) is 18.2 Å². The zero-order chi connectivity index (χ0) is 17.3. The van der Waals surface area contributed by atoms with Crippen molar-refractivity contribution >= 4 is 27.8 Å². The Balaban J connectivity index is 2.00. The van der Waals surface area contributed by atoms with Crippen LogP contribution >= 0.6 is 11.3 Å². The third-order valence-corrected chi connectivity index (χ3v) is 4.96. The molecule has 0 atom stereocenters. The summed E-state index contributed by atoms with van der Waals surface area (Å²) in [5.74, 6) is 1.39. The largest absolute Gasteiger partial charge is 0.494 e. The molecule has 0 fully saturated rings. The molecule has 0 unspecified atom stereocenters. The molecular weight excluding hydrogens is 322 g/mol. The van der Waals surface area contributed by atoms with Crippen molar-refractivity contribution in [3.8, 4) is 5.75 Å². The van der Waals surface area contributed by atoms with Gasteiger partial charge in [-0.1, -0.05) is 0 Å². The van der Waals surface area contributed by atoms with Crippen LogP contribution in [0.3, 0.4) is 0 Å². The number of hydrogen-bond acceptors (Lipinski definition) is 5. The molecule has 6 heteroatoms. The van der Waals surface area contributed by atoms with E-state index in [1.165, 1.54) is 4.68 Å².